The molecule has 5 N–H and O–H groups in total. The van der Waals surface area contributed by atoms with E-state index >= 15 is 0 Å². The van der Waals surface area contributed by atoms with Crippen molar-refractivity contribution in [1.82, 2.24) is 19.6 Å². The van der Waals surface area contributed by atoms with Crippen LogP contribution in [0.5, 0.6) is 0 Å². The molecule has 1 saturated heterocycles. The van der Waals surface area contributed by atoms with Crippen LogP contribution in [-0.2, 0) is 33.5 Å². The standard InChI is InChI=1S/C21H29N7O7S2/c1-10-8-11(18(31)33-9-34-19(32)21(2,3)4)28-16(30)13(17(28)36-10)24-15(29)12(26-35-7-5-6-22)14-25-20(23)37-27-14/h8,10,13,17H,5-7,9,22H2,1-4H3,(H,24,29)(H2,23,25,27)/t10?,13?,17-/m1/s1. The molecule has 0 bridgehead atoms. The highest BCUT2D eigenvalue weighted by Crippen LogP contribution is 2.41. The van der Waals surface area contributed by atoms with Crippen LogP contribution in [-0.4, -0.2) is 80.3 Å². The molecule has 0 spiro atoms. The molecule has 16 heteroatoms. The zero-order valence-electron chi connectivity index (χ0n) is 20.8. The van der Waals surface area contributed by atoms with Gasteiger partial charge in [0.1, 0.15) is 23.7 Å². The van der Waals surface area contributed by atoms with E-state index in [-0.39, 0.29) is 34.2 Å². The van der Waals surface area contributed by atoms with E-state index < -0.39 is 47.4 Å². The second kappa shape index (κ2) is 11.9. The number of hydrogen-bond donors (Lipinski definition) is 3. The number of nitrogens with zero attached hydrogens (tertiary/aromatic N) is 4. The third-order valence-corrected chi connectivity index (χ3v) is 6.87. The Morgan fingerprint density at radius 1 is 1.27 bits per heavy atom. The van der Waals surface area contributed by atoms with E-state index in [0.29, 0.717) is 13.0 Å². The van der Waals surface area contributed by atoms with E-state index in [1.54, 1.807) is 26.8 Å². The highest BCUT2D eigenvalue weighted by atomic mass is 32.2. The normalized spacial score (nSPS) is 21.4. The van der Waals surface area contributed by atoms with E-state index in [4.69, 9.17) is 25.8 Å². The Morgan fingerprint density at radius 2 is 2.00 bits per heavy atom. The van der Waals surface area contributed by atoms with Crippen molar-refractivity contribution in [3.8, 4) is 0 Å². The molecular weight excluding hydrogens is 526 g/mol. The summed E-state index contributed by atoms with van der Waals surface area (Å²) in [5.74, 6) is -2.68. The fourth-order valence-electron chi connectivity index (χ4n) is 3.13. The zero-order chi connectivity index (χ0) is 27.3. The molecule has 14 nitrogen and oxygen atoms in total. The molecule has 3 heterocycles. The van der Waals surface area contributed by atoms with Crippen molar-refractivity contribution in [3.63, 3.8) is 0 Å². The lowest BCUT2D eigenvalue weighted by atomic mass is 9.98. The smallest absolute Gasteiger partial charge is 0.357 e. The van der Waals surface area contributed by atoms with Crippen LogP contribution >= 0.6 is 23.3 Å². The van der Waals surface area contributed by atoms with Crippen molar-refractivity contribution in [1.29, 1.82) is 0 Å². The van der Waals surface area contributed by atoms with Gasteiger partial charge in [0.05, 0.1) is 5.41 Å². The van der Waals surface area contributed by atoms with Crippen LogP contribution in [0.1, 0.15) is 39.9 Å². The number of esters is 2. The second-order valence-electron chi connectivity index (χ2n) is 9.05. The Kier molecular flexibility index (Phi) is 9.09. The van der Waals surface area contributed by atoms with Gasteiger partial charge in [-0.1, -0.05) is 5.16 Å². The third-order valence-electron chi connectivity index (χ3n) is 5.00. The van der Waals surface area contributed by atoms with Crippen molar-refractivity contribution in [3.05, 3.63) is 17.6 Å². The van der Waals surface area contributed by atoms with Crippen LogP contribution in [0.4, 0.5) is 5.13 Å². The SMILES string of the molecule is CC1C=C(C(=O)OCOC(=O)C(C)(C)C)N2C(=O)C(NC(=O)C(=NOCCCN)c3nsc(N)n3)[C@H]2S1. The Bertz CT molecular complexity index is 1110. The predicted octanol–water partition coefficient (Wildman–Crippen LogP) is -0.0479. The number of nitrogens with two attached hydrogens (primary N) is 2. The molecule has 2 aliphatic rings. The maximum absolute atomic E-state index is 13.0. The molecule has 37 heavy (non-hydrogen) atoms. The highest BCUT2D eigenvalue weighted by Gasteiger charge is 2.54. The highest BCUT2D eigenvalue weighted by molar-refractivity contribution is 8.00. The largest absolute Gasteiger partial charge is 0.427 e. The first-order chi connectivity index (χ1) is 17.4. The number of rotatable bonds is 10. The van der Waals surface area contributed by atoms with E-state index in [0.717, 1.165) is 11.5 Å². The maximum atomic E-state index is 13.0. The first-order valence-electron chi connectivity index (χ1n) is 11.3. The van der Waals surface area contributed by atoms with Crippen LogP contribution < -0.4 is 16.8 Å². The number of oxime groups is 1. The predicted molar refractivity (Wildman–Crippen MR) is 135 cm³/mol. The topological polar surface area (TPSA) is 201 Å². The molecule has 0 aliphatic carbocycles. The van der Waals surface area contributed by atoms with E-state index in [2.05, 4.69) is 19.8 Å². The minimum Gasteiger partial charge on any atom is -0.427 e. The Labute approximate surface area is 221 Å². The minimum atomic E-state index is -0.958. The minimum absolute atomic E-state index is 0.00602. The van der Waals surface area contributed by atoms with Crippen molar-refractivity contribution >= 4 is 57.9 Å². The van der Waals surface area contributed by atoms with Gasteiger partial charge in [-0.05, 0) is 46.7 Å². The van der Waals surface area contributed by atoms with Crippen LogP contribution in [0.2, 0.25) is 0 Å². The Morgan fingerprint density at radius 3 is 2.62 bits per heavy atom. The number of amides is 2. The summed E-state index contributed by atoms with van der Waals surface area (Å²) < 4.78 is 14.0. The molecule has 1 aromatic rings. The Balaban J connectivity index is 1.67. The lowest BCUT2D eigenvalue weighted by molar-refractivity contribution is -0.173. The molecule has 2 amide bonds. The summed E-state index contributed by atoms with van der Waals surface area (Å²) in [6.07, 6.45) is 2.09. The molecular formula is C21H29N7O7S2. The first-order valence-corrected chi connectivity index (χ1v) is 13.0. The monoisotopic (exact) mass is 555 g/mol. The number of thioether (sulfide) groups is 1. The summed E-state index contributed by atoms with van der Waals surface area (Å²) in [4.78, 5) is 60.9. The van der Waals surface area contributed by atoms with E-state index in [9.17, 15) is 19.2 Å². The van der Waals surface area contributed by atoms with Gasteiger partial charge in [0.25, 0.3) is 11.8 Å². The number of anilines is 1. The molecule has 2 unspecified atom stereocenters. The van der Waals surface area contributed by atoms with Gasteiger partial charge < -0.3 is 31.1 Å². The molecule has 0 saturated carbocycles. The number of carbonyl (C=O) groups is 4. The van der Waals surface area contributed by atoms with Crippen molar-refractivity contribution in [2.75, 3.05) is 25.7 Å². The van der Waals surface area contributed by atoms with Crippen LogP contribution in [0, 0.1) is 5.41 Å². The van der Waals surface area contributed by atoms with E-state index in [1.807, 2.05) is 6.92 Å². The van der Waals surface area contributed by atoms with Gasteiger partial charge in [-0.15, -0.1) is 11.8 Å². The summed E-state index contributed by atoms with van der Waals surface area (Å²) in [5, 5.41) is 5.81. The lowest BCUT2D eigenvalue weighted by Gasteiger charge is -2.49. The van der Waals surface area contributed by atoms with Gasteiger partial charge in [-0.3, -0.25) is 19.3 Å². The molecule has 3 rings (SSSR count). The third kappa shape index (κ3) is 6.75. The molecule has 1 aromatic heterocycles. The van der Waals surface area contributed by atoms with Crippen molar-refractivity contribution in [2.24, 2.45) is 16.3 Å². The van der Waals surface area contributed by atoms with Gasteiger partial charge in [0.2, 0.25) is 18.3 Å². The number of nitrogen functional groups attached to an aromatic ring is 1. The lowest BCUT2D eigenvalue weighted by Crippen LogP contribution is -2.71. The number of hydrogen-bond acceptors (Lipinski definition) is 14. The van der Waals surface area contributed by atoms with Gasteiger partial charge in [0.15, 0.2) is 5.13 Å². The number of carbonyl (C=O) groups excluding carboxylic acids is 4. The summed E-state index contributed by atoms with van der Waals surface area (Å²) in [5.41, 5.74) is 10.1. The number of ether oxygens (including phenoxy) is 2. The summed E-state index contributed by atoms with van der Waals surface area (Å²) in [6.45, 7) is 6.78. The average molecular weight is 556 g/mol. The van der Waals surface area contributed by atoms with Crippen LogP contribution in [0.3, 0.4) is 0 Å². The van der Waals surface area contributed by atoms with Crippen LogP contribution in [0.25, 0.3) is 0 Å². The van der Waals surface area contributed by atoms with Crippen molar-refractivity contribution < 1.29 is 33.5 Å². The average Bonchev–Trinajstić information content (AvgIpc) is 3.26. The number of β-lactam (4-membered cyclic amide) rings is 1. The quantitative estimate of drug-likeness (QED) is 0.0869. The number of fused-ring (bicyclic) bond motifs is 1. The van der Waals surface area contributed by atoms with Gasteiger partial charge >= 0.3 is 11.9 Å². The Hall–Kier alpha value is -3.24. The zero-order valence-corrected chi connectivity index (χ0v) is 22.4. The molecule has 2 aliphatic heterocycles. The van der Waals surface area contributed by atoms with Crippen molar-refractivity contribution in [2.45, 2.75) is 50.8 Å². The van der Waals surface area contributed by atoms with E-state index in [1.165, 1.54) is 16.7 Å². The number of nitrogens with one attached hydrogen (secondary N) is 1. The molecule has 1 fully saturated rings. The molecule has 0 aromatic carbocycles. The van der Waals surface area contributed by atoms with Crippen LogP contribution in [0.15, 0.2) is 16.9 Å². The summed E-state index contributed by atoms with van der Waals surface area (Å²) >= 11 is 2.24. The fraction of sp³-hybridized carbons (Fsp3) is 0.571. The maximum Gasteiger partial charge on any atom is 0.357 e. The first kappa shape index (κ1) is 28.3. The van der Waals surface area contributed by atoms with Gasteiger partial charge in [-0.2, -0.15) is 9.36 Å². The second-order valence-corrected chi connectivity index (χ2v) is 11.3. The molecule has 3 atom stereocenters. The number of aromatic nitrogens is 2. The summed E-state index contributed by atoms with van der Waals surface area (Å²) in [7, 11) is 0. The fourth-order valence-corrected chi connectivity index (χ4v) is 4.89. The van der Waals surface area contributed by atoms with Gasteiger partial charge in [-0.25, -0.2) is 4.79 Å². The molecule has 202 valence electrons. The summed E-state index contributed by atoms with van der Waals surface area (Å²) in [6, 6.07) is -0.958. The molecule has 0 radical (unpaired) electrons. The van der Waals surface area contributed by atoms with Gasteiger partial charge in [0, 0.05) is 16.8 Å².